The summed E-state index contributed by atoms with van der Waals surface area (Å²) >= 11 is 0. The molecule has 1 saturated carbocycles. The molecule has 0 aliphatic heterocycles. The number of rotatable bonds is 9. The van der Waals surface area contributed by atoms with Crippen molar-refractivity contribution < 1.29 is 24.2 Å². The van der Waals surface area contributed by atoms with E-state index in [1.165, 1.54) is 0 Å². The number of hydrogen-bond donors (Lipinski definition) is 2. The van der Waals surface area contributed by atoms with E-state index in [4.69, 9.17) is 14.6 Å². The van der Waals surface area contributed by atoms with Crippen LogP contribution < -0.4 is 14.8 Å². The molecule has 0 unspecified atom stereocenters. The molecule has 1 amide bonds. The third kappa shape index (κ3) is 5.37. The first kappa shape index (κ1) is 19.1. The van der Waals surface area contributed by atoms with Crippen molar-refractivity contribution in [3.63, 3.8) is 0 Å². The Balaban J connectivity index is 1.87. The number of carbonyl (C=O) groups is 2. The van der Waals surface area contributed by atoms with Gasteiger partial charge in [-0.15, -0.1) is 0 Å². The Morgan fingerprint density at radius 1 is 1.20 bits per heavy atom. The fourth-order valence-electron chi connectivity index (χ4n) is 3.54. The average Bonchev–Trinajstić information content (AvgIpc) is 3.02. The number of amides is 1. The maximum absolute atomic E-state index is 12.3. The Morgan fingerprint density at radius 2 is 1.92 bits per heavy atom. The standard InChI is InChI=1S/C19H27NO5/c1-24-15-9-8-14(16(12-15)25-2)6-5-7-17(21)20-19(13-18(22)23)10-3-4-11-19/h8-9,12H,3-7,10-11,13H2,1-2H3,(H,20,21)(H,22,23). The number of carbonyl (C=O) groups excluding carboxylic acids is 1. The number of aryl methyl sites for hydroxylation is 1. The number of benzene rings is 1. The first-order valence-electron chi connectivity index (χ1n) is 8.72. The summed E-state index contributed by atoms with van der Waals surface area (Å²) in [5, 5.41) is 12.1. The molecule has 0 aromatic heterocycles. The van der Waals surface area contributed by atoms with Crippen LogP contribution in [0.5, 0.6) is 11.5 Å². The van der Waals surface area contributed by atoms with Gasteiger partial charge < -0.3 is 19.9 Å². The molecular formula is C19H27NO5. The number of nitrogens with one attached hydrogen (secondary N) is 1. The molecule has 2 N–H and O–H groups in total. The van der Waals surface area contributed by atoms with Gasteiger partial charge in [-0.05, 0) is 37.3 Å². The molecule has 6 nitrogen and oxygen atoms in total. The first-order valence-corrected chi connectivity index (χ1v) is 8.72. The molecule has 1 fully saturated rings. The summed E-state index contributed by atoms with van der Waals surface area (Å²) in [7, 11) is 3.22. The lowest BCUT2D eigenvalue weighted by molar-refractivity contribution is -0.139. The topological polar surface area (TPSA) is 84.9 Å². The Labute approximate surface area is 148 Å². The van der Waals surface area contributed by atoms with E-state index in [2.05, 4.69) is 5.32 Å². The van der Waals surface area contributed by atoms with Crippen LogP contribution in [0.3, 0.4) is 0 Å². The number of carboxylic acids is 1. The Morgan fingerprint density at radius 3 is 2.52 bits per heavy atom. The van der Waals surface area contributed by atoms with Crippen LogP contribution in [-0.2, 0) is 16.0 Å². The van der Waals surface area contributed by atoms with Crippen LogP contribution in [0.15, 0.2) is 18.2 Å². The number of ether oxygens (including phenoxy) is 2. The number of methoxy groups -OCH3 is 2. The predicted molar refractivity (Wildman–Crippen MR) is 94.1 cm³/mol. The summed E-state index contributed by atoms with van der Waals surface area (Å²) in [5.41, 5.74) is 0.470. The molecule has 2 rings (SSSR count). The van der Waals surface area contributed by atoms with E-state index < -0.39 is 11.5 Å². The van der Waals surface area contributed by atoms with Gasteiger partial charge in [-0.25, -0.2) is 0 Å². The Kier molecular flexibility index (Phi) is 6.67. The van der Waals surface area contributed by atoms with Crippen LogP contribution in [0, 0.1) is 0 Å². The van der Waals surface area contributed by atoms with Crippen LogP contribution in [0.4, 0.5) is 0 Å². The largest absolute Gasteiger partial charge is 0.497 e. The second kappa shape index (κ2) is 8.74. The van der Waals surface area contributed by atoms with E-state index in [0.717, 1.165) is 42.7 Å². The van der Waals surface area contributed by atoms with Crippen molar-refractivity contribution in [2.24, 2.45) is 0 Å². The minimum absolute atomic E-state index is 0.00500. The summed E-state index contributed by atoms with van der Waals surface area (Å²) in [4.78, 5) is 23.4. The molecular weight excluding hydrogens is 322 g/mol. The second-order valence-electron chi connectivity index (χ2n) is 6.64. The van der Waals surface area contributed by atoms with Gasteiger partial charge >= 0.3 is 5.97 Å². The Hall–Kier alpha value is -2.24. The van der Waals surface area contributed by atoms with E-state index in [1.807, 2.05) is 18.2 Å². The molecule has 25 heavy (non-hydrogen) atoms. The van der Waals surface area contributed by atoms with Gasteiger partial charge in [0.15, 0.2) is 0 Å². The van der Waals surface area contributed by atoms with Crippen LogP contribution in [0.25, 0.3) is 0 Å². The molecule has 1 aromatic carbocycles. The van der Waals surface area contributed by atoms with Gasteiger partial charge in [-0.2, -0.15) is 0 Å². The number of aliphatic carboxylic acids is 1. The highest BCUT2D eigenvalue weighted by Gasteiger charge is 2.37. The monoisotopic (exact) mass is 349 g/mol. The zero-order valence-corrected chi connectivity index (χ0v) is 15.0. The van der Waals surface area contributed by atoms with Crippen LogP contribution in [-0.4, -0.2) is 36.7 Å². The van der Waals surface area contributed by atoms with Crippen molar-refractivity contribution in [3.8, 4) is 11.5 Å². The number of carboxylic acid groups (broad SMARTS) is 1. The smallest absolute Gasteiger partial charge is 0.305 e. The van der Waals surface area contributed by atoms with Gasteiger partial charge in [0.2, 0.25) is 5.91 Å². The summed E-state index contributed by atoms with van der Waals surface area (Å²) in [6.07, 6.45) is 5.20. The van der Waals surface area contributed by atoms with Gasteiger partial charge in [-0.3, -0.25) is 9.59 Å². The minimum Gasteiger partial charge on any atom is -0.497 e. The van der Waals surface area contributed by atoms with Gasteiger partial charge in [0.25, 0.3) is 0 Å². The second-order valence-corrected chi connectivity index (χ2v) is 6.64. The van der Waals surface area contributed by atoms with Crippen LogP contribution in [0.1, 0.15) is 50.5 Å². The van der Waals surface area contributed by atoms with Crippen molar-refractivity contribution in [2.75, 3.05) is 14.2 Å². The highest BCUT2D eigenvalue weighted by molar-refractivity contribution is 5.78. The molecule has 0 radical (unpaired) electrons. The average molecular weight is 349 g/mol. The highest BCUT2D eigenvalue weighted by Crippen LogP contribution is 2.33. The highest BCUT2D eigenvalue weighted by atomic mass is 16.5. The van der Waals surface area contributed by atoms with E-state index >= 15 is 0 Å². The fraction of sp³-hybridized carbons (Fsp3) is 0.579. The van der Waals surface area contributed by atoms with Gasteiger partial charge in [0.05, 0.1) is 26.2 Å². The lowest BCUT2D eigenvalue weighted by Crippen LogP contribution is -2.47. The molecule has 0 spiro atoms. The minimum atomic E-state index is -0.856. The third-order valence-corrected chi connectivity index (χ3v) is 4.80. The zero-order chi connectivity index (χ0) is 18.3. The van der Waals surface area contributed by atoms with E-state index in [0.29, 0.717) is 19.3 Å². The Bertz CT molecular complexity index is 608. The molecule has 0 atom stereocenters. The molecule has 1 aromatic rings. The number of hydrogen-bond acceptors (Lipinski definition) is 4. The van der Waals surface area contributed by atoms with Crippen molar-refractivity contribution >= 4 is 11.9 Å². The maximum Gasteiger partial charge on any atom is 0.305 e. The molecule has 138 valence electrons. The van der Waals surface area contributed by atoms with E-state index in [9.17, 15) is 9.59 Å². The lowest BCUT2D eigenvalue weighted by atomic mass is 9.93. The SMILES string of the molecule is COc1ccc(CCCC(=O)NC2(CC(=O)O)CCCC2)c(OC)c1. The summed E-state index contributed by atoms with van der Waals surface area (Å²) < 4.78 is 10.5. The van der Waals surface area contributed by atoms with Crippen LogP contribution in [0.2, 0.25) is 0 Å². The van der Waals surface area contributed by atoms with Crippen molar-refractivity contribution in [1.29, 1.82) is 0 Å². The van der Waals surface area contributed by atoms with E-state index in [1.54, 1.807) is 14.2 Å². The van der Waals surface area contributed by atoms with E-state index in [-0.39, 0.29) is 12.3 Å². The lowest BCUT2D eigenvalue weighted by Gasteiger charge is -2.28. The van der Waals surface area contributed by atoms with Crippen LogP contribution >= 0.6 is 0 Å². The molecule has 6 heteroatoms. The molecule has 0 bridgehead atoms. The van der Waals surface area contributed by atoms with Crippen molar-refractivity contribution in [3.05, 3.63) is 23.8 Å². The summed E-state index contributed by atoms with van der Waals surface area (Å²) in [6, 6.07) is 5.65. The zero-order valence-electron chi connectivity index (χ0n) is 15.0. The normalized spacial score (nSPS) is 15.6. The predicted octanol–water partition coefficient (Wildman–Crippen LogP) is 2.93. The van der Waals surface area contributed by atoms with Crippen molar-refractivity contribution in [2.45, 2.75) is 56.9 Å². The third-order valence-electron chi connectivity index (χ3n) is 4.80. The molecule has 0 heterocycles. The molecule has 1 aliphatic carbocycles. The van der Waals surface area contributed by atoms with Crippen molar-refractivity contribution in [1.82, 2.24) is 5.32 Å². The van der Waals surface area contributed by atoms with Gasteiger partial charge in [0.1, 0.15) is 11.5 Å². The molecule has 1 aliphatic rings. The van der Waals surface area contributed by atoms with Gasteiger partial charge in [-0.1, -0.05) is 18.9 Å². The van der Waals surface area contributed by atoms with Gasteiger partial charge in [0, 0.05) is 12.5 Å². The molecule has 0 saturated heterocycles. The first-order chi connectivity index (χ1) is 12.0. The quantitative estimate of drug-likeness (QED) is 0.716. The fourth-order valence-corrected chi connectivity index (χ4v) is 3.54. The maximum atomic E-state index is 12.3. The summed E-state index contributed by atoms with van der Waals surface area (Å²) in [5.74, 6) is 0.550. The summed E-state index contributed by atoms with van der Waals surface area (Å²) in [6.45, 7) is 0.